The number of benzene rings is 2. The first-order valence-corrected chi connectivity index (χ1v) is 9.37. The summed E-state index contributed by atoms with van der Waals surface area (Å²) in [5.74, 6) is -1.63. The van der Waals surface area contributed by atoms with Crippen LogP contribution in [0.2, 0.25) is 0 Å². The standard InChI is InChI=1S/C19H14N2O5S2/c22-17-16(11-13-6-8-14(9-7-13)21(25)26)28-19(27)20(17)15(18(23)24)10-12-4-2-1-3-5-12/h1-9,11,15H,10H2,(H,23,24)/b16-11+/t15-/m1/s1. The minimum atomic E-state index is -1.14. The van der Waals surface area contributed by atoms with Crippen LogP contribution in [0.15, 0.2) is 59.5 Å². The molecule has 2 aromatic carbocycles. The molecular weight excluding hydrogens is 400 g/mol. The first kappa shape index (κ1) is 19.7. The third kappa shape index (κ3) is 4.26. The normalized spacial score (nSPS) is 16.4. The molecule has 0 bridgehead atoms. The van der Waals surface area contributed by atoms with Gasteiger partial charge in [-0.25, -0.2) is 4.79 Å². The van der Waals surface area contributed by atoms with E-state index in [1.807, 2.05) is 6.07 Å². The molecule has 0 unspecified atom stereocenters. The molecule has 1 atom stereocenters. The third-order valence-electron chi connectivity index (χ3n) is 4.09. The Bertz CT molecular complexity index is 974. The SMILES string of the molecule is O=C(O)[C@@H](Cc1ccccc1)N1C(=O)/C(=C\c2ccc([N+](=O)[O-])cc2)SC1=S. The Labute approximate surface area is 169 Å². The molecule has 1 aliphatic heterocycles. The van der Waals surface area contributed by atoms with E-state index in [9.17, 15) is 24.8 Å². The molecule has 1 amide bonds. The lowest BCUT2D eigenvalue weighted by molar-refractivity contribution is -0.384. The lowest BCUT2D eigenvalue weighted by atomic mass is 10.0. The van der Waals surface area contributed by atoms with Crippen molar-refractivity contribution < 1.29 is 19.6 Å². The molecule has 1 N–H and O–H groups in total. The molecule has 0 spiro atoms. The molecule has 1 fully saturated rings. The molecule has 3 rings (SSSR count). The van der Waals surface area contributed by atoms with Crippen molar-refractivity contribution in [3.63, 3.8) is 0 Å². The second-order valence-electron chi connectivity index (χ2n) is 5.94. The number of carboxylic acids is 1. The van der Waals surface area contributed by atoms with E-state index in [-0.39, 0.29) is 21.3 Å². The summed E-state index contributed by atoms with van der Waals surface area (Å²) in [6.45, 7) is 0. The van der Waals surface area contributed by atoms with Gasteiger partial charge in [0, 0.05) is 18.6 Å². The van der Waals surface area contributed by atoms with Gasteiger partial charge in [0.2, 0.25) is 0 Å². The van der Waals surface area contributed by atoms with Crippen molar-refractivity contribution in [2.45, 2.75) is 12.5 Å². The Hall–Kier alpha value is -3.04. The number of thioether (sulfide) groups is 1. The highest BCUT2D eigenvalue weighted by Gasteiger charge is 2.40. The summed E-state index contributed by atoms with van der Waals surface area (Å²) >= 11 is 6.27. The van der Waals surface area contributed by atoms with E-state index in [4.69, 9.17) is 12.2 Å². The largest absolute Gasteiger partial charge is 0.480 e. The van der Waals surface area contributed by atoms with Crippen molar-refractivity contribution in [2.75, 3.05) is 0 Å². The van der Waals surface area contributed by atoms with Crippen LogP contribution in [0.1, 0.15) is 11.1 Å². The topological polar surface area (TPSA) is 101 Å². The maximum absolute atomic E-state index is 12.8. The zero-order valence-electron chi connectivity index (χ0n) is 14.3. The summed E-state index contributed by atoms with van der Waals surface area (Å²) in [7, 11) is 0. The number of nitro groups is 1. The number of nitro benzene ring substituents is 1. The minimum Gasteiger partial charge on any atom is -0.480 e. The zero-order valence-corrected chi connectivity index (χ0v) is 16.0. The van der Waals surface area contributed by atoms with Gasteiger partial charge in [-0.05, 0) is 29.3 Å². The van der Waals surface area contributed by atoms with Crippen LogP contribution in [0, 0.1) is 10.1 Å². The molecule has 2 aromatic rings. The van der Waals surface area contributed by atoms with E-state index in [1.54, 1.807) is 30.3 Å². The summed E-state index contributed by atoms with van der Waals surface area (Å²) in [4.78, 5) is 36.2. The van der Waals surface area contributed by atoms with Crippen LogP contribution < -0.4 is 0 Å². The van der Waals surface area contributed by atoms with E-state index in [0.717, 1.165) is 22.2 Å². The molecule has 0 radical (unpaired) electrons. The smallest absolute Gasteiger partial charge is 0.327 e. The van der Waals surface area contributed by atoms with Gasteiger partial charge in [-0.2, -0.15) is 0 Å². The second kappa shape index (κ2) is 8.32. The van der Waals surface area contributed by atoms with Gasteiger partial charge in [-0.15, -0.1) is 0 Å². The quantitative estimate of drug-likeness (QED) is 0.334. The molecule has 1 saturated heterocycles. The Morgan fingerprint density at radius 1 is 1.21 bits per heavy atom. The third-order valence-corrected chi connectivity index (χ3v) is 5.42. The number of carbonyl (C=O) groups excluding carboxylic acids is 1. The number of hydrogen-bond acceptors (Lipinski definition) is 6. The summed E-state index contributed by atoms with van der Waals surface area (Å²) in [5.41, 5.74) is 1.31. The fourth-order valence-corrected chi connectivity index (χ4v) is 4.08. The predicted molar refractivity (Wildman–Crippen MR) is 110 cm³/mol. The fraction of sp³-hybridized carbons (Fsp3) is 0.105. The Morgan fingerprint density at radius 3 is 2.43 bits per heavy atom. The van der Waals surface area contributed by atoms with Gasteiger partial charge in [0.05, 0.1) is 9.83 Å². The molecule has 7 nitrogen and oxygen atoms in total. The molecule has 28 heavy (non-hydrogen) atoms. The van der Waals surface area contributed by atoms with E-state index >= 15 is 0 Å². The van der Waals surface area contributed by atoms with Crippen molar-refractivity contribution >= 4 is 51.9 Å². The summed E-state index contributed by atoms with van der Waals surface area (Å²) < 4.78 is 0.168. The van der Waals surface area contributed by atoms with Gasteiger partial charge in [0.1, 0.15) is 10.4 Å². The highest BCUT2D eigenvalue weighted by atomic mass is 32.2. The fourth-order valence-electron chi connectivity index (χ4n) is 2.72. The highest BCUT2D eigenvalue weighted by Crippen LogP contribution is 2.35. The van der Waals surface area contributed by atoms with Gasteiger partial charge in [0.25, 0.3) is 11.6 Å². The van der Waals surface area contributed by atoms with E-state index in [2.05, 4.69) is 0 Å². The monoisotopic (exact) mass is 414 g/mol. The first-order chi connectivity index (χ1) is 13.4. The number of non-ortho nitro benzene ring substituents is 1. The van der Waals surface area contributed by atoms with E-state index in [1.165, 1.54) is 24.3 Å². The van der Waals surface area contributed by atoms with Crippen LogP contribution in [0.4, 0.5) is 5.69 Å². The molecule has 0 saturated carbocycles. The second-order valence-corrected chi connectivity index (χ2v) is 7.62. The van der Waals surface area contributed by atoms with Crippen molar-refractivity contribution in [3.05, 3.63) is 80.7 Å². The van der Waals surface area contributed by atoms with Crippen molar-refractivity contribution in [3.8, 4) is 0 Å². The van der Waals surface area contributed by atoms with Gasteiger partial charge >= 0.3 is 5.97 Å². The van der Waals surface area contributed by atoms with Gasteiger partial charge in [0.15, 0.2) is 0 Å². The van der Waals surface area contributed by atoms with Crippen LogP contribution in [0.5, 0.6) is 0 Å². The average Bonchev–Trinajstić information content (AvgIpc) is 2.94. The number of carbonyl (C=O) groups is 2. The summed E-state index contributed by atoms with van der Waals surface area (Å²) in [6, 6.07) is 13.6. The lowest BCUT2D eigenvalue weighted by Crippen LogP contribution is -2.45. The van der Waals surface area contributed by atoms with E-state index in [0.29, 0.717) is 5.56 Å². The molecule has 0 aliphatic carbocycles. The minimum absolute atomic E-state index is 0.0569. The molecule has 1 aliphatic rings. The lowest BCUT2D eigenvalue weighted by Gasteiger charge is -2.23. The Balaban J connectivity index is 1.85. The maximum atomic E-state index is 12.8. The van der Waals surface area contributed by atoms with Crippen LogP contribution in [0.25, 0.3) is 6.08 Å². The van der Waals surface area contributed by atoms with Crippen LogP contribution in [-0.4, -0.2) is 37.2 Å². The van der Waals surface area contributed by atoms with Crippen molar-refractivity contribution in [2.24, 2.45) is 0 Å². The molecule has 9 heteroatoms. The van der Waals surface area contributed by atoms with Gasteiger partial charge < -0.3 is 5.11 Å². The molecule has 0 aromatic heterocycles. The number of nitrogens with zero attached hydrogens (tertiary/aromatic N) is 2. The number of carboxylic acid groups (broad SMARTS) is 1. The first-order valence-electron chi connectivity index (χ1n) is 8.15. The Morgan fingerprint density at radius 2 is 1.86 bits per heavy atom. The number of thiocarbonyl (C=S) groups is 1. The number of aliphatic carboxylic acids is 1. The van der Waals surface area contributed by atoms with E-state index < -0.39 is 22.8 Å². The summed E-state index contributed by atoms with van der Waals surface area (Å²) in [5, 5.41) is 20.4. The van der Waals surface area contributed by atoms with Crippen LogP contribution in [-0.2, 0) is 16.0 Å². The van der Waals surface area contributed by atoms with Crippen molar-refractivity contribution in [1.29, 1.82) is 0 Å². The number of amides is 1. The Kier molecular flexibility index (Phi) is 5.86. The molecule has 1 heterocycles. The van der Waals surface area contributed by atoms with Crippen molar-refractivity contribution in [1.82, 2.24) is 4.90 Å². The highest BCUT2D eigenvalue weighted by molar-refractivity contribution is 8.26. The maximum Gasteiger partial charge on any atom is 0.327 e. The summed E-state index contributed by atoms with van der Waals surface area (Å²) in [6.07, 6.45) is 1.68. The van der Waals surface area contributed by atoms with Gasteiger partial charge in [-0.1, -0.05) is 54.3 Å². The number of hydrogen-bond donors (Lipinski definition) is 1. The molecular formula is C19H14N2O5S2. The van der Waals surface area contributed by atoms with Gasteiger partial charge in [-0.3, -0.25) is 19.8 Å². The zero-order chi connectivity index (χ0) is 20.3. The average molecular weight is 414 g/mol. The molecule has 142 valence electrons. The van der Waals surface area contributed by atoms with Crippen LogP contribution in [0.3, 0.4) is 0 Å². The van der Waals surface area contributed by atoms with Crippen LogP contribution >= 0.6 is 24.0 Å². The number of rotatable bonds is 6. The predicted octanol–water partition coefficient (Wildman–Crippen LogP) is 3.49.